The average molecular weight is 405 g/mol. The highest BCUT2D eigenvalue weighted by molar-refractivity contribution is 5.78. The molecule has 1 heterocycles. The second kappa shape index (κ2) is 9.44. The summed E-state index contributed by atoms with van der Waals surface area (Å²) in [5.41, 5.74) is 0.891. The van der Waals surface area contributed by atoms with Crippen molar-refractivity contribution in [3.05, 3.63) is 75.2 Å². The van der Waals surface area contributed by atoms with Gasteiger partial charge in [0.1, 0.15) is 5.56 Å². The van der Waals surface area contributed by atoms with E-state index in [1.54, 1.807) is 0 Å². The molecule has 1 aromatic carbocycles. The molecule has 1 saturated carbocycles. The molecule has 0 unspecified atom stereocenters. The summed E-state index contributed by atoms with van der Waals surface area (Å²) in [6.07, 6.45) is 4.31. The van der Waals surface area contributed by atoms with Crippen molar-refractivity contribution in [2.45, 2.75) is 51.1 Å². The van der Waals surface area contributed by atoms with Gasteiger partial charge in [-0.2, -0.15) is 13.2 Å². The van der Waals surface area contributed by atoms with Crippen LogP contribution in [0, 0.1) is 5.92 Å². The van der Waals surface area contributed by atoms with Gasteiger partial charge in [0.15, 0.2) is 0 Å². The average Bonchev–Trinajstić information content (AvgIpc) is 3.19. The van der Waals surface area contributed by atoms with Gasteiger partial charge in [-0.05, 0) is 61.3 Å². The van der Waals surface area contributed by atoms with E-state index in [2.05, 4.69) is 11.1 Å². The van der Waals surface area contributed by atoms with E-state index in [0.29, 0.717) is 11.6 Å². The van der Waals surface area contributed by atoms with Crippen molar-refractivity contribution in [2.24, 2.45) is 5.92 Å². The van der Waals surface area contributed by atoms with Crippen LogP contribution in [0.5, 0.6) is 0 Å². The van der Waals surface area contributed by atoms with Crippen LogP contribution in [0.2, 0.25) is 0 Å². The molecule has 0 radical (unpaired) electrons. The van der Waals surface area contributed by atoms with Crippen LogP contribution in [-0.2, 0) is 12.6 Å². The second-order valence-electron chi connectivity index (χ2n) is 7.62. The van der Waals surface area contributed by atoms with Gasteiger partial charge >= 0.3 is 6.18 Å². The van der Waals surface area contributed by atoms with Gasteiger partial charge in [0, 0.05) is 17.9 Å². The zero-order valence-electron chi connectivity index (χ0n) is 16.3. The predicted octanol–water partition coefficient (Wildman–Crippen LogP) is 5.33. The van der Waals surface area contributed by atoms with Gasteiger partial charge in [0.2, 0.25) is 0 Å². The highest BCUT2D eigenvalue weighted by atomic mass is 19.4. The van der Waals surface area contributed by atoms with Crippen LogP contribution >= 0.6 is 0 Å². The standard InChI is InChI=1S/C23H26F3NO2/c24-23(25,26)20-12-13-21(27-22(20)29)19(15-17-6-1-2-7-17)18-10-8-16(9-11-18)5-3-4-14-28/h8-13,15,17,28H,1-7,14H2,(H,27,29)/b19-15-. The number of allylic oxidation sites excluding steroid dienone is 1. The Kier molecular flexibility index (Phi) is 6.96. The van der Waals surface area contributed by atoms with Crippen LogP contribution in [0.25, 0.3) is 5.57 Å². The zero-order valence-corrected chi connectivity index (χ0v) is 16.3. The zero-order chi connectivity index (χ0) is 20.9. The fourth-order valence-electron chi connectivity index (χ4n) is 3.85. The SMILES string of the molecule is O=c1[nH]c(/C(=C\C2CCCC2)c2ccc(CCCCO)cc2)ccc1C(F)(F)F. The van der Waals surface area contributed by atoms with E-state index in [0.717, 1.165) is 67.7 Å². The van der Waals surface area contributed by atoms with Crippen LogP contribution in [0.1, 0.15) is 60.9 Å². The molecule has 156 valence electrons. The third-order valence-corrected chi connectivity index (χ3v) is 5.45. The molecule has 0 spiro atoms. The van der Waals surface area contributed by atoms with Gasteiger partial charge in [-0.15, -0.1) is 0 Å². The minimum atomic E-state index is -4.67. The summed E-state index contributed by atoms with van der Waals surface area (Å²) in [4.78, 5) is 14.5. The van der Waals surface area contributed by atoms with E-state index in [1.165, 1.54) is 6.07 Å². The highest BCUT2D eigenvalue weighted by Crippen LogP contribution is 2.32. The maximum absolute atomic E-state index is 13.0. The molecular formula is C23H26F3NO2. The monoisotopic (exact) mass is 405 g/mol. The van der Waals surface area contributed by atoms with Gasteiger partial charge in [0.25, 0.3) is 5.56 Å². The number of H-pyrrole nitrogens is 1. The van der Waals surface area contributed by atoms with Gasteiger partial charge in [0.05, 0.1) is 0 Å². The molecule has 3 rings (SSSR count). The Morgan fingerprint density at radius 1 is 1.07 bits per heavy atom. The largest absolute Gasteiger partial charge is 0.421 e. The number of aliphatic hydroxyl groups is 1. The minimum Gasteiger partial charge on any atom is -0.396 e. The van der Waals surface area contributed by atoms with Crippen molar-refractivity contribution in [1.29, 1.82) is 0 Å². The van der Waals surface area contributed by atoms with Gasteiger partial charge < -0.3 is 10.1 Å². The number of nitrogens with one attached hydrogen (secondary N) is 1. The first-order valence-electron chi connectivity index (χ1n) is 10.1. The Labute approximate surface area is 168 Å². The molecule has 0 atom stereocenters. The molecule has 1 fully saturated rings. The predicted molar refractivity (Wildman–Crippen MR) is 108 cm³/mol. The van der Waals surface area contributed by atoms with Crippen molar-refractivity contribution < 1.29 is 18.3 Å². The van der Waals surface area contributed by atoms with Crippen LogP contribution in [0.4, 0.5) is 13.2 Å². The van der Waals surface area contributed by atoms with Crippen molar-refractivity contribution in [3.63, 3.8) is 0 Å². The summed E-state index contributed by atoms with van der Waals surface area (Å²) in [6.45, 7) is 0.174. The number of rotatable bonds is 7. The summed E-state index contributed by atoms with van der Waals surface area (Å²) >= 11 is 0. The van der Waals surface area contributed by atoms with E-state index in [9.17, 15) is 18.0 Å². The summed E-state index contributed by atoms with van der Waals surface area (Å²) in [5.74, 6) is 0.361. The lowest BCUT2D eigenvalue weighted by Crippen LogP contribution is -2.22. The van der Waals surface area contributed by atoms with E-state index in [-0.39, 0.29) is 6.61 Å². The summed E-state index contributed by atoms with van der Waals surface area (Å²) in [5, 5.41) is 8.91. The van der Waals surface area contributed by atoms with Crippen LogP contribution in [-0.4, -0.2) is 16.7 Å². The molecule has 0 amide bonds. The molecule has 2 N–H and O–H groups in total. The molecule has 2 aromatic rings. The topological polar surface area (TPSA) is 53.1 Å². The first kappa shape index (κ1) is 21.4. The molecule has 1 aromatic heterocycles. The highest BCUT2D eigenvalue weighted by Gasteiger charge is 2.34. The number of aromatic nitrogens is 1. The Morgan fingerprint density at radius 2 is 1.76 bits per heavy atom. The maximum Gasteiger partial charge on any atom is 0.421 e. The molecule has 0 bridgehead atoms. The molecule has 1 aliphatic rings. The molecular weight excluding hydrogens is 379 g/mol. The Balaban J connectivity index is 1.93. The number of aryl methyl sites for hydroxylation is 1. The van der Waals surface area contributed by atoms with Gasteiger partial charge in [-0.25, -0.2) is 0 Å². The molecule has 3 nitrogen and oxygen atoms in total. The number of benzene rings is 1. The summed E-state index contributed by atoms with van der Waals surface area (Å²) < 4.78 is 38.9. The lowest BCUT2D eigenvalue weighted by Gasteiger charge is -2.14. The van der Waals surface area contributed by atoms with E-state index in [4.69, 9.17) is 5.11 Å². The molecule has 6 heteroatoms. The molecule has 0 aliphatic heterocycles. The second-order valence-corrected chi connectivity index (χ2v) is 7.62. The Morgan fingerprint density at radius 3 is 2.34 bits per heavy atom. The van der Waals surface area contributed by atoms with Crippen LogP contribution in [0.15, 0.2) is 47.3 Å². The van der Waals surface area contributed by atoms with E-state index in [1.807, 2.05) is 24.3 Å². The number of aliphatic hydroxyl groups excluding tert-OH is 1. The van der Waals surface area contributed by atoms with Crippen molar-refractivity contribution in [3.8, 4) is 0 Å². The molecule has 29 heavy (non-hydrogen) atoms. The number of halogens is 3. The van der Waals surface area contributed by atoms with E-state index < -0.39 is 17.3 Å². The maximum atomic E-state index is 13.0. The number of alkyl halides is 3. The van der Waals surface area contributed by atoms with Crippen LogP contribution in [0.3, 0.4) is 0 Å². The number of hydrogen-bond acceptors (Lipinski definition) is 2. The lowest BCUT2D eigenvalue weighted by atomic mass is 9.94. The van der Waals surface area contributed by atoms with Crippen LogP contribution < -0.4 is 5.56 Å². The van der Waals surface area contributed by atoms with Crippen molar-refractivity contribution in [1.82, 2.24) is 4.98 Å². The summed E-state index contributed by atoms with van der Waals surface area (Å²) in [6, 6.07) is 10.1. The smallest absolute Gasteiger partial charge is 0.396 e. The Bertz CT molecular complexity index is 892. The number of pyridine rings is 1. The third-order valence-electron chi connectivity index (χ3n) is 5.45. The normalized spacial score (nSPS) is 15.8. The van der Waals surface area contributed by atoms with Gasteiger partial charge in [-0.3, -0.25) is 4.79 Å². The van der Waals surface area contributed by atoms with Crippen molar-refractivity contribution >= 4 is 5.57 Å². The first-order chi connectivity index (χ1) is 13.9. The van der Waals surface area contributed by atoms with E-state index >= 15 is 0 Å². The number of aromatic amines is 1. The minimum absolute atomic E-state index is 0.174. The van der Waals surface area contributed by atoms with Crippen molar-refractivity contribution in [2.75, 3.05) is 6.61 Å². The number of unbranched alkanes of at least 4 members (excludes halogenated alkanes) is 1. The Hall–Kier alpha value is -2.34. The quantitative estimate of drug-likeness (QED) is 0.612. The molecule has 1 aliphatic carbocycles. The summed E-state index contributed by atoms with van der Waals surface area (Å²) in [7, 11) is 0. The number of hydrogen-bond donors (Lipinski definition) is 2. The fourth-order valence-corrected chi connectivity index (χ4v) is 3.85. The first-order valence-corrected chi connectivity index (χ1v) is 10.1. The van der Waals surface area contributed by atoms with Gasteiger partial charge in [-0.1, -0.05) is 43.2 Å². The lowest BCUT2D eigenvalue weighted by molar-refractivity contribution is -0.138. The molecule has 0 saturated heterocycles. The third kappa shape index (κ3) is 5.60. The fraction of sp³-hybridized carbons (Fsp3) is 0.435.